The van der Waals surface area contributed by atoms with Gasteiger partial charge < -0.3 is 9.84 Å². The Morgan fingerprint density at radius 2 is 1.94 bits per heavy atom. The summed E-state index contributed by atoms with van der Waals surface area (Å²) >= 11 is 0. The first kappa shape index (κ1) is 12.6. The van der Waals surface area contributed by atoms with Crippen LogP contribution in [0.4, 0.5) is 5.69 Å². The summed E-state index contributed by atoms with van der Waals surface area (Å²) in [7, 11) is 0. The number of para-hydroxylation sites is 1. The van der Waals surface area contributed by atoms with E-state index in [1.165, 1.54) is 0 Å². The maximum absolute atomic E-state index is 5.24. The zero-order valence-corrected chi connectivity index (χ0v) is 11.1. The van der Waals surface area contributed by atoms with Crippen LogP contribution < -0.4 is 5.32 Å². The Labute approximate surface area is 107 Å². The highest BCUT2D eigenvalue weighted by Gasteiger charge is 2.12. The molecule has 0 radical (unpaired) electrons. The van der Waals surface area contributed by atoms with Gasteiger partial charge in [-0.1, -0.05) is 31.1 Å². The summed E-state index contributed by atoms with van der Waals surface area (Å²) in [6.45, 7) is 6.19. The Balaban J connectivity index is 2.31. The normalized spacial score (nSPS) is 10.9. The highest BCUT2D eigenvalue weighted by Crippen LogP contribution is 2.27. The van der Waals surface area contributed by atoms with Gasteiger partial charge in [-0.25, -0.2) is 0 Å². The molecule has 0 fully saturated rings. The Morgan fingerprint density at radius 3 is 2.56 bits per heavy atom. The van der Waals surface area contributed by atoms with E-state index in [0.29, 0.717) is 17.8 Å². The predicted octanol–water partition coefficient (Wildman–Crippen LogP) is 3.65. The van der Waals surface area contributed by atoms with Crippen LogP contribution in [-0.4, -0.2) is 16.2 Å². The predicted molar refractivity (Wildman–Crippen MR) is 72.5 cm³/mol. The van der Waals surface area contributed by atoms with Gasteiger partial charge >= 0.3 is 0 Å². The zero-order valence-electron chi connectivity index (χ0n) is 11.1. The standard InChI is InChI=1S/C14H19N3O/c1-4-11(5-2)16-13-9-7-6-8-12(13)14-15-10(3)17-18-14/h6-9,11,16H,4-5H2,1-3H3. The van der Waals surface area contributed by atoms with Gasteiger partial charge in [-0.05, 0) is 31.9 Å². The van der Waals surface area contributed by atoms with Crippen LogP contribution in [0.15, 0.2) is 28.8 Å². The number of rotatable bonds is 5. The second-order valence-corrected chi connectivity index (χ2v) is 4.35. The summed E-state index contributed by atoms with van der Waals surface area (Å²) < 4.78 is 5.24. The van der Waals surface area contributed by atoms with Crippen molar-refractivity contribution in [2.75, 3.05) is 5.32 Å². The molecule has 18 heavy (non-hydrogen) atoms. The van der Waals surface area contributed by atoms with Crippen molar-refractivity contribution in [3.05, 3.63) is 30.1 Å². The van der Waals surface area contributed by atoms with Gasteiger partial charge in [0.2, 0.25) is 0 Å². The Kier molecular flexibility index (Phi) is 3.97. The number of nitrogens with zero attached hydrogens (tertiary/aromatic N) is 2. The Bertz CT molecular complexity index is 503. The average molecular weight is 245 g/mol. The fraction of sp³-hybridized carbons (Fsp3) is 0.429. The molecule has 96 valence electrons. The third-order valence-corrected chi connectivity index (χ3v) is 3.03. The molecule has 0 aliphatic carbocycles. The molecule has 4 heteroatoms. The Morgan fingerprint density at radius 1 is 1.22 bits per heavy atom. The van der Waals surface area contributed by atoms with Gasteiger partial charge in [-0.2, -0.15) is 4.98 Å². The van der Waals surface area contributed by atoms with Crippen molar-refractivity contribution >= 4 is 5.69 Å². The minimum Gasteiger partial charge on any atom is -0.382 e. The first-order valence-corrected chi connectivity index (χ1v) is 6.40. The smallest absolute Gasteiger partial charge is 0.260 e. The van der Waals surface area contributed by atoms with Gasteiger partial charge in [-0.3, -0.25) is 0 Å². The third-order valence-electron chi connectivity index (χ3n) is 3.03. The van der Waals surface area contributed by atoms with E-state index >= 15 is 0 Å². The molecular formula is C14H19N3O. The summed E-state index contributed by atoms with van der Waals surface area (Å²) in [6.07, 6.45) is 2.18. The van der Waals surface area contributed by atoms with Gasteiger partial charge in [-0.15, -0.1) is 0 Å². The number of aryl methyl sites for hydroxylation is 1. The van der Waals surface area contributed by atoms with E-state index in [1.807, 2.05) is 31.2 Å². The minimum absolute atomic E-state index is 0.468. The lowest BCUT2D eigenvalue weighted by molar-refractivity contribution is 0.425. The molecule has 0 amide bonds. The fourth-order valence-electron chi connectivity index (χ4n) is 1.91. The maximum Gasteiger partial charge on any atom is 0.260 e. The molecule has 0 saturated carbocycles. The lowest BCUT2D eigenvalue weighted by atomic mass is 10.1. The monoisotopic (exact) mass is 245 g/mol. The van der Waals surface area contributed by atoms with Crippen molar-refractivity contribution < 1.29 is 4.52 Å². The lowest BCUT2D eigenvalue weighted by Crippen LogP contribution is -2.17. The van der Waals surface area contributed by atoms with E-state index in [4.69, 9.17) is 4.52 Å². The molecule has 4 nitrogen and oxygen atoms in total. The molecule has 1 aromatic heterocycles. The van der Waals surface area contributed by atoms with Crippen molar-refractivity contribution in [2.24, 2.45) is 0 Å². The molecule has 0 saturated heterocycles. The molecule has 0 aliphatic rings. The van der Waals surface area contributed by atoms with Gasteiger partial charge in [0.25, 0.3) is 5.89 Å². The van der Waals surface area contributed by atoms with E-state index < -0.39 is 0 Å². The van der Waals surface area contributed by atoms with Gasteiger partial charge in [0.15, 0.2) is 5.82 Å². The molecule has 1 N–H and O–H groups in total. The van der Waals surface area contributed by atoms with Crippen LogP contribution >= 0.6 is 0 Å². The molecule has 1 heterocycles. The van der Waals surface area contributed by atoms with Gasteiger partial charge in [0.1, 0.15) is 0 Å². The summed E-state index contributed by atoms with van der Waals surface area (Å²) in [5, 5.41) is 7.37. The Hall–Kier alpha value is -1.84. The number of anilines is 1. The van der Waals surface area contributed by atoms with Crippen LogP contribution in [0.2, 0.25) is 0 Å². The summed E-state index contributed by atoms with van der Waals surface area (Å²) in [4.78, 5) is 4.28. The van der Waals surface area contributed by atoms with Crippen molar-refractivity contribution in [1.82, 2.24) is 10.1 Å². The summed E-state index contributed by atoms with van der Waals surface area (Å²) in [5.74, 6) is 1.23. The lowest BCUT2D eigenvalue weighted by Gasteiger charge is -2.17. The number of nitrogens with one attached hydrogen (secondary N) is 1. The number of hydrogen-bond acceptors (Lipinski definition) is 4. The number of hydrogen-bond donors (Lipinski definition) is 1. The summed E-state index contributed by atoms with van der Waals surface area (Å²) in [5.41, 5.74) is 2.01. The number of aromatic nitrogens is 2. The fourth-order valence-corrected chi connectivity index (χ4v) is 1.91. The highest BCUT2D eigenvalue weighted by atomic mass is 16.5. The average Bonchev–Trinajstić information content (AvgIpc) is 2.83. The van der Waals surface area contributed by atoms with Crippen LogP contribution in [0.3, 0.4) is 0 Å². The maximum atomic E-state index is 5.24. The summed E-state index contributed by atoms with van der Waals surface area (Å²) in [6, 6.07) is 8.50. The number of benzene rings is 1. The van der Waals surface area contributed by atoms with E-state index in [9.17, 15) is 0 Å². The third kappa shape index (κ3) is 2.70. The quantitative estimate of drug-likeness (QED) is 0.873. The first-order chi connectivity index (χ1) is 8.74. The van der Waals surface area contributed by atoms with Crippen molar-refractivity contribution in [3.63, 3.8) is 0 Å². The van der Waals surface area contributed by atoms with E-state index in [1.54, 1.807) is 0 Å². The van der Waals surface area contributed by atoms with Crippen LogP contribution in [0.5, 0.6) is 0 Å². The van der Waals surface area contributed by atoms with E-state index in [-0.39, 0.29) is 0 Å². The topological polar surface area (TPSA) is 51.0 Å². The van der Waals surface area contributed by atoms with Crippen LogP contribution in [0.25, 0.3) is 11.5 Å². The molecule has 0 spiro atoms. The zero-order chi connectivity index (χ0) is 13.0. The molecule has 0 aliphatic heterocycles. The van der Waals surface area contributed by atoms with E-state index in [0.717, 1.165) is 24.1 Å². The van der Waals surface area contributed by atoms with Crippen LogP contribution in [0.1, 0.15) is 32.5 Å². The van der Waals surface area contributed by atoms with Gasteiger partial charge in [0.05, 0.1) is 5.56 Å². The molecular weight excluding hydrogens is 226 g/mol. The van der Waals surface area contributed by atoms with Crippen molar-refractivity contribution in [1.29, 1.82) is 0 Å². The molecule has 0 unspecified atom stereocenters. The SMILES string of the molecule is CCC(CC)Nc1ccccc1-c1nc(C)no1. The van der Waals surface area contributed by atoms with Gasteiger partial charge in [0, 0.05) is 11.7 Å². The largest absolute Gasteiger partial charge is 0.382 e. The second kappa shape index (κ2) is 5.67. The van der Waals surface area contributed by atoms with Crippen LogP contribution in [0, 0.1) is 6.92 Å². The molecule has 0 bridgehead atoms. The van der Waals surface area contributed by atoms with E-state index in [2.05, 4.69) is 29.3 Å². The van der Waals surface area contributed by atoms with Crippen molar-refractivity contribution in [2.45, 2.75) is 39.7 Å². The molecule has 2 aromatic rings. The first-order valence-electron chi connectivity index (χ1n) is 6.40. The molecule has 1 aromatic carbocycles. The van der Waals surface area contributed by atoms with Crippen LogP contribution in [-0.2, 0) is 0 Å². The highest BCUT2D eigenvalue weighted by molar-refractivity contribution is 5.72. The minimum atomic E-state index is 0.468. The molecule has 0 atom stereocenters. The molecule has 2 rings (SSSR count). The van der Waals surface area contributed by atoms with Crippen molar-refractivity contribution in [3.8, 4) is 11.5 Å². The second-order valence-electron chi connectivity index (χ2n) is 4.35.